The molecule has 0 heterocycles. The minimum Gasteiger partial charge on any atom is -0.379 e. The number of hydrogen-bond donors (Lipinski definition) is 1. The zero-order valence-electron chi connectivity index (χ0n) is 16.6. The number of amides is 1. The van der Waals surface area contributed by atoms with Gasteiger partial charge in [0.05, 0.1) is 6.10 Å². The van der Waals surface area contributed by atoms with Gasteiger partial charge in [0.25, 0.3) is 0 Å². The molecule has 0 saturated carbocycles. The standard InChI is InChI=1S/C17H35NO2.C2H6/c1-8-11-16(4,5)13-17(6,7)15(19)18-12-10-14(3)20-9-2;1-2/h14H,8-13H2,1-7H3,(H,18,19);1-2H3. The molecule has 0 radical (unpaired) electrons. The fourth-order valence-corrected chi connectivity index (χ4v) is 3.04. The molecular formula is C19H41NO2. The van der Waals surface area contributed by atoms with Gasteiger partial charge in [0.2, 0.25) is 5.91 Å². The molecule has 0 aliphatic rings. The lowest BCUT2D eigenvalue weighted by molar-refractivity contribution is -0.131. The van der Waals surface area contributed by atoms with Crippen LogP contribution >= 0.6 is 0 Å². The van der Waals surface area contributed by atoms with Crippen molar-refractivity contribution in [3.8, 4) is 0 Å². The molecular weight excluding hydrogens is 274 g/mol. The summed E-state index contributed by atoms with van der Waals surface area (Å²) in [5, 5.41) is 3.06. The molecule has 0 saturated heterocycles. The Kier molecular flexibility index (Phi) is 12.8. The molecule has 3 heteroatoms. The van der Waals surface area contributed by atoms with E-state index in [0.717, 1.165) is 32.3 Å². The number of nitrogens with one attached hydrogen (secondary N) is 1. The first-order valence-corrected chi connectivity index (χ1v) is 9.04. The molecule has 0 aromatic rings. The van der Waals surface area contributed by atoms with Gasteiger partial charge in [-0.15, -0.1) is 0 Å². The van der Waals surface area contributed by atoms with Crippen molar-refractivity contribution in [3.63, 3.8) is 0 Å². The van der Waals surface area contributed by atoms with Gasteiger partial charge in [-0.3, -0.25) is 4.79 Å². The Morgan fingerprint density at radius 1 is 1.14 bits per heavy atom. The predicted octanol–water partition coefficient (Wildman–Crippen LogP) is 5.19. The summed E-state index contributed by atoms with van der Waals surface area (Å²) in [6, 6.07) is 0. The fraction of sp³-hybridized carbons (Fsp3) is 0.947. The van der Waals surface area contributed by atoms with E-state index in [4.69, 9.17) is 4.74 Å². The molecule has 134 valence electrons. The Morgan fingerprint density at radius 3 is 2.14 bits per heavy atom. The van der Waals surface area contributed by atoms with E-state index in [2.05, 4.69) is 26.1 Å². The molecule has 1 N–H and O–H groups in total. The molecule has 0 fully saturated rings. The van der Waals surface area contributed by atoms with E-state index in [1.165, 1.54) is 0 Å². The quantitative estimate of drug-likeness (QED) is 0.602. The molecule has 1 unspecified atom stereocenters. The predicted molar refractivity (Wildman–Crippen MR) is 97.1 cm³/mol. The number of carbonyl (C=O) groups excluding carboxylic acids is 1. The SMILES string of the molecule is CC.CCCC(C)(C)CC(C)(C)C(=O)NCCC(C)OCC. The molecule has 0 spiro atoms. The van der Waals surface area contributed by atoms with Crippen LogP contribution in [0.2, 0.25) is 0 Å². The average molecular weight is 316 g/mol. The van der Waals surface area contributed by atoms with Gasteiger partial charge in [-0.05, 0) is 38.5 Å². The number of carbonyl (C=O) groups is 1. The smallest absolute Gasteiger partial charge is 0.225 e. The lowest BCUT2D eigenvalue weighted by Gasteiger charge is -2.34. The highest BCUT2D eigenvalue weighted by atomic mass is 16.5. The molecule has 0 aliphatic carbocycles. The van der Waals surface area contributed by atoms with Gasteiger partial charge in [0.1, 0.15) is 0 Å². The van der Waals surface area contributed by atoms with E-state index >= 15 is 0 Å². The third kappa shape index (κ3) is 11.1. The van der Waals surface area contributed by atoms with Crippen molar-refractivity contribution in [3.05, 3.63) is 0 Å². The van der Waals surface area contributed by atoms with Gasteiger partial charge in [0, 0.05) is 18.6 Å². The summed E-state index contributed by atoms with van der Waals surface area (Å²) in [5.41, 5.74) is -0.0955. The Labute approximate surface area is 139 Å². The summed E-state index contributed by atoms with van der Waals surface area (Å²) in [7, 11) is 0. The zero-order valence-corrected chi connectivity index (χ0v) is 16.6. The van der Waals surface area contributed by atoms with Crippen molar-refractivity contribution in [2.24, 2.45) is 10.8 Å². The third-order valence-corrected chi connectivity index (χ3v) is 3.75. The summed E-state index contributed by atoms with van der Waals surface area (Å²) >= 11 is 0. The van der Waals surface area contributed by atoms with Gasteiger partial charge >= 0.3 is 0 Å². The molecule has 0 aliphatic heterocycles. The molecule has 0 aromatic carbocycles. The van der Waals surface area contributed by atoms with Crippen LogP contribution in [0.15, 0.2) is 0 Å². The van der Waals surface area contributed by atoms with Crippen molar-refractivity contribution in [1.82, 2.24) is 5.32 Å². The number of rotatable bonds is 10. The second kappa shape index (κ2) is 11.9. The molecule has 1 atom stereocenters. The molecule has 0 rings (SSSR count). The lowest BCUT2D eigenvalue weighted by atomic mass is 9.72. The Bertz CT molecular complexity index is 285. The summed E-state index contributed by atoms with van der Waals surface area (Å²) < 4.78 is 5.47. The van der Waals surface area contributed by atoms with Crippen LogP contribution in [0, 0.1) is 10.8 Å². The van der Waals surface area contributed by atoms with E-state index < -0.39 is 0 Å². The van der Waals surface area contributed by atoms with Crippen molar-refractivity contribution in [1.29, 1.82) is 0 Å². The van der Waals surface area contributed by atoms with E-state index in [1.54, 1.807) is 0 Å². The zero-order chi connectivity index (χ0) is 17.8. The largest absolute Gasteiger partial charge is 0.379 e. The second-order valence-electron chi connectivity index (χ2n) is 7.29. The first-order valence-electron chi connectivity index (χ1n) is 9.04. The highest BCUT2D eigenvalue weighted by molar-refractivity contribution is 5.81. The molecule has 0 aromatic heterocycles. The van der Waals surface area contributed by atoms with Crippen molar-refractivity contribution < 1.29 is 9.53 Å². The maximum absolute atomic E-state index is 12.3. The molecule has 1 amide bonds. The van der Waals surface area contributed by atoms with E-state index in [0.29, 0.717) is 6.54 Å². The normalized spacial score (nSPS) is 13.1. The minimum absolute atomic E-state index is 0.158. The van der Waals surface area contributed by atoms with Crippen molar-refractivity contribution >= 4 is 5.91 Å². The first-order chi connectivity index (χ1) is 10.1. The van der Waals surface area contributed by atoms with E-state index in [9.17, 15) is 4.79 Å². The number of hydrogen-bond acceptors (Lipinski definition) is 2. The molecule has 22 heavy (non-hydrogen) atoms. The monoisotopic (exact) mass is 315 g/mol. The van der Waals surface area contributed by atoms with Crippen LogP contribution in [0.3, 0.4) is 0 Å². The Balaban J connectivity index is 0. The summed E-state index contributed by atoms with van der Waals surface area (Å²) in [6.45, 7) is 20.3. The minimum atomic E-state index is -0.312. The number of ether oxygens (including phenoxy) is 1. The summed E-state index contributed by atoms with van der Waals surface area (Å²) in [5.74, 6) is 0.158. The Hall–Kier alpha value is -0.570. The lowest BCUT2D eigenvalue weighted by Crippen LogP contribution is -2.40. The highest BCUT2D eigenvalue weighted by Gasteiger charge is 2.33. The maximum atomic E-state index is 12.3. The van der Waals surface area contributed by atoms with Crippen molar-refractivity contribution in [2.45, 2.75) is 94.1 Å². The summed E-state index contributed by atoms with van der Waals surface area (Å²) in [6.07, 6.45) is 4.32. The average Bonchev–Trinajstić information content (AvgIpc) is 2.39. The van der Waals surface area contributed by atoms with Crippen LogP contribution in [0.4, 0.5) is 0 Å². The van der Waals surface area contributed by atoms with Crippen LogP contribution < -0.4 is 5.32 Å². The molecule has 3 nitrogen and oxygen atoms in total. The second-order valence-corrected chi connectivity index (χ2v) is 7.29. The van der Waals surface area contributed by atoms with Gasteiger partial charge in [0.15, 0.2) is 0 Å². The van der Waals surface area contributed by atoms with Gasteiger partial charge in [-0.2, -0.15) is 0 Å². The first kappa shape index (κ1) is 23.7. The highest BCUT2D eigenvalue weighted by Crippen LogP contribution is 2.37. The van der Waals surface area contributed by atoms with Crippen LogP contribution in [-0.4, -0.2) is 25.2 Å². The van der Waals surface area contributed by atoms with Crippen LogP contribution in [0.5, 0.6) is 0 Å². The summed E-state index contributed by atoms with van der Waals surface area (Å²) in [4.78, 5) is 12.3. The van der Waals surface area contributed by atoms with Crippen molar-refractivity contribution in [2.75, 3.05) is 13.2 Å². The molecule has 0 bridgehead atoms. The van der Waals surface area contributed by atoms with Crippen LogP contribution in [0.25, 0.3) is 0 Å². The third-order valence-electron chi connectivity index (χ3n) is 3.75. The topological polar surface area (TPSA) is 38.3 Å². The van der Waals surface area contributed by atoms with Gasteiger partial charge in [-0.1, -0.05) is 54.9 Å². The van der Waals surface area contributed by atoms with Gasteiger partial charge < -0.3 is 10.1 Å². The van der Waals surface area contributed by atoms with E-state index in [1.807, 2.05) is 41.5 Å². The fourth-order valence-electron chi connectivity index (χ4n) is 3.04. The van der Waals surface area contributed by atoms with Crippen LogP contribution in [0.1, 0.15) is 88.0 Å². The van der Waals surface area contributed by atoms with Gasteiger partial charge in [-0.25, -0.2) is 0 Å². The maximum Gasteiger partial charge on any atom is 0.225 e. The van der Waals surface area contributed by atoms with E-state index in [-0.39, 0.29) is 22.8 Å². The van der Waals surface area contributed by atoms with Crippen LogP contribution in [-0.2, 0) is 9.53 Å². The Morgan fingerprint density at radius 2 is 1.68 bits per heavy atom.